The molecule has 0 aromatic carbocycles. The maximum Gasteiger partial charge on any atom is 0.186 e. The van der Waals surface area contributed by atoms with E-state index in [1.807, 2.05) is 13.8 Å². The Morgan fingerprint density at radius 3 is 2.06 bits per heavy atom. The quantitative estimate of drug-likeness (QED) is 0.629. The molecule has 0 amide bonds. The lowest BCUT2D eigenvalue weighted by molar-refractivity contribution is -0.311. The summed E-state index contributed by atoms with van der Waals surface area (Å²) in [6.45, 7) is 7.46. The molecule has 1 heterocycles. The van der Waals surface area contributed by atoms with E-state index < -0.39 is 30.7 Å². The zero-order chi connectivity index (χ0) is 13.9. The number of aliphatic hydroxyl groups is 3. The molecule has 0 radical (unpaired) electrons. The number of ether oxygens (including phenoxy) is 3. The lowest BCUT2D eigenvalue weighted by Crippen LogP contribution is -2.59. The van der Waals surface area contributed by atoms with E-state index in [2.05, 4.69) is 0 Å². The molecule has 3 N–H and O–H groups in total. The van der Waals surface area contributed by atoms with Crippen molar-refractivity contribution >= 4 is 0 Å². The number of aliphatic hydroxyl groups excluding tert-OH is 3. The van der Waals surface area contributed by atoms with Crippen LogP contribution in [0.4, 0.5) is 0 Å². The number of rotatable bonds is 5. The van der Waals surface area contributed by atoms with Gasteiger partial charge in [0.15, 0.2) is 6.29 Å². The summed E-state index contributed by atoms with van der Waals surface area (Å²) in [4.78, 5) is 0. The molecule has 0 aromatic rings. The number of hydrogen-bond acceptors (Lipinski definition) is 6. The summed E-state index contributed by atoms with van der Waals surface area (Å²) >= 11 is 0. The Kier molecular flexibility index (Phi) is 5.97. The maximum atomic E-state index is 9.80. The van der Waals surface area contributed by atoms with E-state index in [0.29, 0.717) is 0 Å². The molecular weight excluding hydrogens is 240 g/mol. The van der Waals surface area contributed by atoms with Gasteiger partial charge in [-0.1, -0.05) is 0 Å². The minimum atomic E-state index is -1.30. The highest BCUT2D eigenvalue weighted by Gasteiger charge is 2.44. The molecule has 0 bridgehead atoms. The van der Waals surface area contributed by atoms with Crippen molar-refractivity contribution in [2.45, 2.75) is 70.6 Å². The molecule has 1 aliphatic rings. The molecule has 1 rings (SSSR count). The van der Waals surface area contributed by atoms with Crippen LogP contribution in [0, 0.1) is 0 Å². The van der Waals surface area contributed by atoms with Gasteiger partial charge in [-0.25, -0.2) is 0 Å². The second kappa shape index (κ2) is 6.79. The highest BCUT2D eigenvalue weighted by molar-refractivity contribution is 4.89. The Hall–Kier alpha value is -0.240. The van der Waals surface area contributed by atoms with E-state index in [-0.39, 0.29) is 18.8 Å². The molecule has 1 fully saturated rings. The Morgan fingerprint density at radius 1 is 0.944 bits per heavy atom. The predicted molar refractivity (Wildman–Crippen MR) is 64.0 cm³/mol. The zero-order valence-corrected chi connectivity index (χ0v) is 11.3. The van der Waals surface area contributed by atoms with Crippen molar-refractivity contribution in [2.75, 3.05) is 6.61 Å². The van der Waals surface area contributed by atoms with E-state index in [9.17, 15) is 15.3 Å². The van der Waals surface area contributed by atoms with Crippen LogP contribution in [0.5, 0.6) is 0 Å². The van der Waals surface area contributed by atoms with E-state index in [1.54, 1.807) is 13.8 Å². The van der Waals surface area contributed by atoms with Crippen LogP contribution in [0.25, 0.3) is 0 Å². The summed E-state index contributed by atoms with van der Waals surface area (Å²) in [5, 5.41) is 29.3. The Balaban J connectivity index is 2.62. The van der Waals surface area contributed by atoms with Gasteiger partial charge >= 0.3 is 0 Å². The predicted octanol–water partition coefficient (Wildman–Crippen LogP) is -0.356. The SMILES string of the molecule is CC(C)OC[C@@H]1O[C@H](OC(C)C)[C@@H](O)[C@H](O)[C@H]1O. The first-order valence-corrected chi connectivity index (χ1v) is 6.29. The average molecular weight is 264 g/mol. The van der Waals surface area contributed by atoms with Gasteiger partial charge in [0.1, 0.15) is 24.4 Å². The fourth-order valence-electron chi connectivity index (χ4n) is 1.72. The van der Waals surface area contributed by atoms with Crippen molar-refractivity contribution in [3.05, 3.63) is 0 Å². The summed E-state index contributed by atoms with van der Waals surface area (Å²) < 4.78 is 16.2. The lowest BCUT2D eigenvalue weighted by atomic mass is 9.99. The minimum absolute atomic E-state index is 0.00531. The molecular formula is C12H24O6. The van der Waals surface area contributed by atoms with Crippen LogP contribution in [0.2, 0.25) is 0 Å². The van der Waals surface area contributed by atoms with E-state index in [0.717, 1.165) is 0 Å². The molecule has 108 valence electrons. The van der Waals surface area contributed by atoms with Gasteiger partial charge in [0.2, 0.25) is 0 Å². The van der Waals surface area contributed by atoms with Crippen molar-refractivity contribution in [2.24, 2.45) is 0 Å². The molecule has 1 saturated heterocycles. The van der Waals surface area contributed by atoms with Crippen LogP contribution in [-0.2, 0) is 14.2 Å². The van der Waals surface area contributed by atoms with Gasteiger partial charge in [-0.15, -0.1) is 0 Å². The molecule has 5 atom stereocenters. The molecule has 1 aliphatic heterocycles. The molecule has 0 spiro atoms. The van der Waals surface area contributed by atoms with E-state index in [1.165, 1.54) is 0 Å². The second-order valence-corrected chi connectivity index (χ2v) is 5.08. The van der Waals surface area contributed by atoms with E-state index >= 15 is 0 Å². The highest BCUT2D eigenvalue weighted by Crippen LogP contribution is 2.23. The first-order chi connectivity index (χ1) is 8.32. The smallest absolute Gasteiger partial charge is 0.186 e. The van der Waals surface area contributed by atoms with Crippen molar-refractivity contribution in [1.82, 2.24) is 0 Å². The Morgan fingerprint density at radius 2 is 1.56 bits per heavy atom. The first-order valence-electron chi connectivity index (χ1n) is 6.29. The van der Waals surface area contributed by atoms with Gasteiger partial charge in [-0.2, -0.15) is 0 Å². The summed E-state index contributed by atoms with van der Waals surface area (Å²) in [6.07, 6.45) is -5.58. The molecule has 0 saturated carbocycles. The third-order valence-electron chi connectivity index (χ3n) is 2.67. The average Bonchev–Trinajstić information content (AvgIpc) is 2.27. The third kappa shape index (κ3) is 4.15. The highest BCUT2D eigenvalue weighted by atomic mass is 16.7. The van der Waals surface area contributed by atoms with Gasteiger partial charge in [0.25, 0.3) is 0 Å². The summed E-state index contributed by atoms with van der Waals surface area (Å²) in [5.41, 5.74) is 0. The van der Waals surface area contributed by atoms with Crippen LogP contribution >= 0.6 is 0 Å². The molecule has 6 nitrogen and oxygen atoms in total. The lowest BCUT2D eigenvalue weighted by Gasteiger charge is -2.40. The second-order valence-electron chi connectivity index (χ2n) is 5.08. The van der Waals surface area contributed by atoms with Crippen molar-refractivity contribution in [3.8, 4) is 0 Å². The molecule has 6 heteroatoms. The van der Waals surface area contributed by atoms with Crippen LogP contribution in [0.3, 0.4) is 0 Å². The minimum Gasteiger partial charge on any atom is -0.387 e. The molecule has 0 aromatic heterocycles. The van der Waals surface area contributed by atoms with Gasteiger partial charge in [-0.3, -0.25) is 0 Å². The summed E-state index contributed by atoms with van der Waals surface area (Å²) in [6, 6.07) is 0. The van der Waals surface area contributed by atoms with Crippen LogP contribution in [0.15, 0.2) is 0 Å². The van der Waals surface area contributed by atoms with Gasteiger partial charge in [0, 0.05) is 0 Å². The van der Waals surface area contributed by atoms with Crippen LogP contribution < -0.4 is 0 Å². The fourth-order valence-corrected chi connectivity index (χ4v) is 1.72. The fraction of sp³-hybridized carbons (Fsp3) is 1.00. The van der Waals surface area contributed by atoms with Crippen LogP contribution in [0.1, 0.15) is 27.7 Å². The Labute approximate surface area is 107 Å². The van der Waals surface area contributed by atoms with Crippen LogP contribution in [-0.4, -0.2) is 64.8 Å². The monoisotopic (exact) mass is 264 g/mol. The van der Waals surface area contributed by atoms with Crippen molar-refractivity contribution in [3.63, 3.8) is 0 Å². The summed E-state index contributed by atoms with van der Waals surface area (Å²) in [5.74, 6) is 0. The summed E-state index contributed by atoms with van der Waals surface area (Å²) in [7, 11) is 0. The Bertz CT molecular complexity index is 243. The normalized spacial score (nSPS) is 37.5. The van der Waals surface area contributed by atoms with E-state index in [4.69, 9.17) is 14.2 Å². The first kappa shape index (κ1) is 15.8. The van der Waals surface area contributed by atoms with Gasteiger partial charge < -0.3 is 29.5 Å². The maximum absolute atomic E-state index is 9.80. The standard InChI is InChI=1S/C12H24O6/c1-6(2)16-5-8-9(13)10(14)11(15)12(18-8)17-7(3)4/h6-15H,5H2,1-4H3/t8-,9-,10+,11-,12-/m0/s1. The van der Waals surface area contributed by atoms with Gasteiger partial charge in [0.05, 0.1) is 18.8 Å². The largest absolute Gasteiger partial charge is 0.387 e. The van der Waals surface area contributed by atoms with Crippen molar-refractivity contribution < 1.29 is 29.5 Å². The molecule has 0 aliphatic carbocycles. The number of hydrogen-bond donors (Lipinski definition) is 3. The molecule has 18 heavy (non-hydrogen) atoms. The third-order valence-corrected chi connectivity index (χ3v) is 2.67. The molecule has 0 unspecified atom stereocenters. The van der Waals surface area contributed by atoms with Gasteiger partial charge in [-0.05, 0) is 27.7 Å². The zero-order valence-electron chi connectivity index (χ0n) is 11.3. The van der Waals surface area contributed by atoms with Crippen molar-refractivity contribution in [1.29, 1.82) is 0 Å². The topological polar surface area (TPSA) is 88.4 Å².